The first-order chi connectivity index (χ1) is 15.1. The van der Waals surface area contributed by atoms with Gasteiger partial charge in [-0.1, -0.05) is 48.5 Å². The van der Waals surface area contributed by atoms with Crippen molar-refractivity contribution in [1.29, 1.82) is 0 Å². The zero-order valence-corrected chi connectivity index (χ0v) is 18.8. The molecule has 2 aromatic carbocycles. The Labute approximate surface area is 190 Å². The molecule has 2 heterocycles. The number of hydrogen-bond donors (Lipinski definition) is 2. The minimum Gasteiger partial charge on any atom is -0.480 e. The number of hydrogen-bond acceptors (Lipinski definition) is 5. The molecular weight excluding hydrogens is 428 g/mol. The zero-order valence-electron chi connectivity index (χ0n) is 18.0. The predicted octanol–water partition coefficient (Wildman–Crippen LogP) is 2.48. The number of rotatable bonds is 6. The SMILES string of the molecule is CC(=O)[C@]1(NC(=O)c2ccccc2Cc2ccccc2)C(=O)N2[C@@H](C(=O)O)C(C)(C)S[C@@H]21. The molecule has 2 saturated heterocycles. The number of ketones is 1. The third-order valence-corrected chi connectivity index (χ3v) is 7.78. The van der Waals surface area contributed by atoms with Crippen LogP contribution < -0.4 is 5.32 Å². The van der Waals surface area contributed by atoms with Crippen molar-refractivity contribution in [2.75, 3.05) is 0 Å². The van der Waals surface area contributed by atoms with Gasteiger partial charge in [-0.2, -0.15) is 0 Å². The van der Waals surface area contributed by atoms with Gasteiger partial charge in [0.2, 0.25) is 5.54 Å². The maximum atomic E-state index is 13.3. The summed E-state index contributed by atoms with van der Waals surface area (Å²) in [5, 5.41) is 11.6. The van der Waals surface area contributed by atoms with E-state index in [0.29, 0.717) is 12.0 Å². The first-order valence-corrected chi connectivity index (χ1v) is 11.2. The first-order valence-electron chi connectivity index (χ1n) is 10.3. The zero-order chi connectivity index (χ0) is 23.3. The van der Waals surface area contributed by atoms with E-state index in [1.54, 1.807) is 26.0 Å². The molecule has 4 rings (SSSR count). The maximum absolute atomic E-state index is 13.3. The fraction of sp³-hybridized carbons (Fsp3) is 0.333. The Morgan fingerprint density at radius 2 is 1.69 bits per heavy atom. The van der Waals surface area contributed by atoms with Crippen molar-refractivity contribution < 1.29 is 24.3 Å². The fourth-order valence-corrected chi connectivity index (χ4v) is 6.30. The van der Waals surface area contributed by atoms with E-state index in [-0.39, 0.29) is 0 Å². The van der Waals surface area contributed by atoms with E-state index in [0.717, 1.165) is 11.1 Å². The summed E-state index contributed by atoms with van der Waals surface area (Å²) in [6.07, 6.45) is 0.518. The van der Waals surface area contributed by atoms with Crippen LogP contribution in [0.2, 0.25) is 0 Å². The smallest absolute Gasteiger partial charge is 0.327 e. The number of thioether (sulfide) groups is 1. The summed E-state index contributed by atoms with van der Waals surface area (Å²) in [4.78, 5) is 52.2. The number of carboxylic acids is 1. The number of fused-ring (bicyclic) bond motifs is 1. The van der Waals surface area contributed by atoms with Gasteiger partial charge in [0, 0.05) is 10.3 Å². The Morgan fingerprint density at radius 1 is 1.06 bits per heavy atom. The second kappa shape index (κ2) is 7.78. The number of carbonyl (C=O) groups excluding carboxylic acids is 3. The van der Waals surface area contributed by atoms with E-state index in [1.807, 2.05) is 42.5 Å². The quantitative estimate of drug-likeness (QED) is 0.516. The molecule has 0 unspecified atom stereocenters. The van der Waals surface area contributed by atoms with Gasteiger partial charge in [0.1, 0.15) is 11.4 Å². The van der Waals surface area contributed by atoms with Crippen molar-refractivity contribution in [3.63, 3.8) is 0 Å². The van der Waals surface area contributed by atoms with Gasteiger partial charge < -0.3 is 15.3 Å². The summed E-state index contributed by atoms with van der Waals surface area (Å²) in [6, 6.07) is 15.7. The molecule has 0 aromatic heterocycles. The van der Waals surface area contributed by atoms with Crippen molar-refractivity contribution in [3.8, 4) is 0 Å². The molecule has 8 heteroatoms. The van der Waals surface area contributed by atoms with Crippen LogP contribution in [0.1, 0.15) is 42.3 Å². The maximum Gasteiger partial charge on any atom is 0.327 e. The van der Waals surface area contributed by atoms with Crippen LogP contribution >= 0.6 is 11.8 Å². The number of aliphatic carboxylic acids is 1. The van der Waals surface area contributed by atoms with Crippen molar-refractivity contribution in [2.45, 2.75) is 48.9 Å². The topological polar surface area (TPSA) is 104 Å². The van der Waals surface area contributed by atoms with Crippen LogP contribution in [0, 0.1) is 0 Å². The monoisotopic (exact) mass is 452 g/mol. The highest BCUT2D eigenvalue weighted by atomic mass is 32.2. The fourth-order valence-electron chi connectivity index (χ4n) is 4.55. The molecule has 0 saturated carbocycles. The van der Waals surface area contributed by atoms with Gasteiger partial charge in [0.05, 0.1) is 0 Å². The normalized spacial score (nSPS) is 25.6. The van der Waals surface area contributed by atoms with Gasteiger partial charge in [0.25, 0.3) is 11.8 Å². The van der Waals surface area contributed by atoms with E-state index in [2.05, 4.69) is 5.32 Å². The Kier molecular flexibility index (Phi) is 5.36. The first kappa shape index (κ1) is 22.1. The van der Waals surface area contributed by atoms with Crippen LogP contribution in [0.3, 0.4) is 0 Å². The molecule has 0 bridgehead atoms. The molecule has 166 valence electrons. The number of β-lactam (4-membered cyclic amide) rings is 1. The second-order valence-corrected chi connectivity index (χ2v) is 10.4. The molecular formula is C24H24N2O5S. The van der Waals surface area contributed by atoms with Crippen LogP contribution in [0.25, 0.3) is 0 Å². The second-order valence-electron chi connectivity index (χ2n) is 8.66. The number of nitrogens with zero attached hydrogens (tertiary/aromatic N) is 1. The van der Waals surface area contributed by atoms with Crippen LogP contribution in [0.5, 0.6) is 0 Å². The number of carboxylic acid groups (broad SMARTS) is 1. The molecule has 2 aromatic rings. The molecule has 7 nitrogen and oxygen atoms in total. The molecule has 0 aliphatic carbocycles. The molecule has 2 aliphatic heterocycles. The lowest BCUT2D eigenvalue weighted by Gasteiger charge is -2.51. The Hall–Kier alpha value is -3.13. The Bertz CT molecular complexity index is 1120. The van der Waals surface area contributed by atoms with E-state index >= 15 is 0 Å². The summed E-state index contributed by atoms with van der Waals surface area (Å²) in [5.74, 6) is -2.84. The van der Waals surface area contributed by atoms with E-state index in [1.165, 1.54) is 23.6 Å². The number of Topliss-reactive ketones (excluding diaryl/α,β-unsaturated/α-hetero) is 1. The molecule has 3 atom stereocenters. The third kappa shape index (κ3) is 3.30. The lowest BCUT2D eigenvalue weighted by Crippen LogP contribution is -2.82. The van der Waals surface area contributed by atoms with Crippen LogP contribution in [-0.2, 0) is 20.8 Å². The van der Waals surface area contributed by atoms with Crippen molar-refractivity contribution in [1.82, 2.24) is 10.2 Å². The average molecular weight is 453 g/mol. The van der Waals surface area contributed by atoms with Gasteiger partial charge in [-0.25, -0.2) is 4.79 Å². The average Bonchev–Trinajstić information content (AvgIpc) is 3.01. The lowest BCUT2D eigenvalue weighted by molar-refractivity contribution is -0.170. The van der Waals surface area contributed by atoms with Gasteiger partial charge in [-0.15, -0.1) is 11.8 Å². The van der Waals surface area contributed by atoms with Gasteiger partial charge in [-0.05, 0) is 44.4 Å². The lowest BCUT2D eigenvalue weighted by atomic mass is 9.81. The third-order valence-electron chi connectivity index (χ3n) is 6.15. The van der Waals surface area contributed by atoms with E-state index in [9.17, 15) is 24.3 Å². The van der Waals surface area contributed by atoms with Crippen LogP contribution in [-0.4, -0.2) is 55.3 Å². The molecule has 0 spiro atoms. The molecule has 2 aliphatic rings. The highest BCUT2D eigenvalue weighted by molar-refractivity contribution is 8.01. The minimum atomic E-state index is -1.77. The van der Waals surface area contributed by atoms with Crippen molar-refractivity contribution >= 4 is 35.3 Å². The summed E-state index contributed by atoms with van der Waals surface area (Å²) in [5.41, 5.74) is 0.391. The summed E-state index contributed by atoms with van der Waals surface area (Å²) >= 11 is 1.23. The summed E-state index contributed by atoms with van der Waals surface area (Å²) in [6.45, 7) is 4.71. The van der Waals surface area contributed by atoms with Crippen LogP contribution in [0.15, 0.2) is 54.6 Å². The molecule has 2 N–H and O–H groups in total. The number of benzene rings is 2. The van der Waals surface area contributed by atoms with Crippen LogP contribution in [0.4, 0.5) is 0 Å². The van der Waals surface area contributed by atoms with Gasteiger partial charge in [0.15, 0.2) is 5.78 Å². The molecule has 2 fully saturated rings. The summed E-state index contributed by atoms with van der Waals surface area (Å²) in [7, 11) is 0. The highest BCUT2D eigenvalue weighted by Crippen LogP contribution is 2.55. The molecule has 0 radical (unpaired) electrons. The Balaban J connectivity index is 1.65. The van der Waals surface area contributed by atoms with Crippen molar-refractivity contribution in [3.05, 3.63) is 71.3 Å². The molecule has 32 heavy (non-hydrogen) atoms. The largest absolute Gasteiger partial charge is 0.480 e. The van der Waals surface area contributed by atoms with Crippen molar-refractivity contribution in [2.24, 2.45) is 0 Å². The number of amides is 2. The van der Waals surface area contributed by atoms with Gasteiger partial charge >= 0.3 is 5.97 Å². The number of nitrogens with one attached hydrogen (secondary N) is 1. The standard InChI is InChI=1S/C24H24N2O5S/c1-14(27)24(21(31)26-18(20(29)30)23(2,3)32-22(24)26)25-19(28)17-12-8-7-11-16(17)13-15-9-5-4-6-10-15/h4-12,18,22H,13H2,1-3H3,(H,25,28)(H,29,30)/t18-,22+,24-/m0/s1. The highest BCUT2D eigenvalue weighted by Gasteiger charge is 2.74. The minimum absolute atomic E-state index is 0.375. The van der Waals surface area contributed by atoms with Gasteiger partial charge in [-0.3, -0.25) is 14.4 Å². The van der Waals surface area contributed by atoms with E-state index in [4.69, 9.17) is 0 Å². The number of carbonyl (C=O) groups is 4. The summed E-state index contributed by atoms with van der Waals surface area (Å²) < 4.78 is -0.806. The molecule has 2 amide bonds. The Morgan fingerprint density at radius 3 is 2.31 bits per heavy atom. The predicted molar refractivity (Wildman–Crippen MR) is 120 cm³/mol. The van der Waals surface area contributed by atoms with E-state index < -0.39 is 45.3 Å².